The minimum Gasteiger partial charge on any atom is -0.314 e. The lowest BCUT2D eigenvalue weighted by atomic mass is 9.78. The smallest absolute Gasteiger partial charge is 0.0113 e. The fraction of sp³-hybridized carbons (Fsp3) is 1.00. The molecule has 0 radical (unpaired) electrons. The third kappa shape index (κ3) is 2.54. The first-order chi connectivity index (χ1) is 7.18. The summed E-state index contributed by atoms with van der Waals surface area (Å²) in [5.41, 5.74) is 0. The SMILES string of the molecule is CC1CCC(C2CCCN[C@@H]2C)N[C@H]1C. The fourth-order valence-electron chi connectivity index (χ4n) is 3.23. The third-order valence-corrected chi connectivity index (χ3v) is 4.60. The van der Waals surface area contributed by atoms with Gasteiger partial charge in [-0.2, -0.15) is 0 Å². The van der Waals surface area contributed by atoms with E-state index in [1.54, 1.807) is 0 Å². The highest BCUT2D eigenvalue weighted by Gasteiger charge is 2.33. The van der Waals surface area contributed by atoms with Crippen LogP contribution in [0.2, 0.25) is 0 Å². The van der Waals surface area contributed by atoms with Gasteiger partial charge in [0.15, 0.2) is 0 Å². The molecular formula is C13H26N2. The van der Waals surface area contributed by atoms with E-state index < -0.39 is 0 Å². The minimum atomic E-state index is 0.705. The van der Waals surface area contributed by atoms with Crippen LogP contribution < -0.4 is 10.6 Å². The molecule has 2 heterocycles. The summed E-state index contributed by atoms with van der Waals surface area (Å²) in [5, 5.41) is 7.44. The highest BCUT2D eigenvalue weighted by molar-refractivity contribution is 4.91. The van der Waals surface area contributed by atoms with Crippen LogP contribution in [0.4, 0.5) is 0 Å². The summed E-state index contributed by atoms with van der Waals surface area (Å²) in [5.74, 6) is 1.71. The molecule has 0 saturated carbocycles. The van der Waals surface area contributed by atoms with E-state index >= 15 is 0 Å². The molecule has 2 nitrogen and oxygen atoms in total. The van der Waals surface area contributed by atoms with Gasteiger partial charge in [0.05, 0.1) is 0 Å². The summed E-state index contributed by atoms with van der Waals surface area (Å²) in [6.45, 7) is 8.29. The predicted molar refractivity (Wildman–Crippen MR) is 65.0 cm³/mol. The summed E-state index contributed by atoms with van der Waals surface area (Å²) in [7, 11) is 0. The maximum atomic E-state index is 3.83. The van der Waals surface area contributed by atoms with Crippen molar-refractivity contribution in [3.05, 3.63) is 0 Å². The standard InChI is InChI=1S/C13H26N2/c1-9-6-7-13(15-10(9)2)12-5-4-8-14-11(12)3/h9-15H,4-8H2,1-3H3/t9?,10-,11+,12?,13?/m0/s1. The van der Waals surface area contributed by atoms with Gasteiger partial charge in [0.1, 0.15) is 0 Å². The van der Waals surface area contributed by atoms with Gasteiger partial charge in [-0.15, -0.1) is 0 Å². The Labute approximate surface area is 94.2 Å². The van der Waals surface area contributed by atoms with Crippen molar-refractivity contribution >= 4 is 0 Å². The average Bonchev–Trinajstić information content (AvgIpc) is 2.23. The van der Waals surface area contributed by atoms with E-state index in [1.807, 2.05) is 0 Å². The Morgan fingerprint density at radius 3 is 2.40 bits per heavy atom. The normalized spacial score (nSPS) is 47.8. The van der Waals surface area contributed by atoms with Gasteiger partial charge in [-0.1, -0.05) is 6.92 Å². The molecule has 2 N–H and O–H groups in total. The minimum absolute atomic E-state index is 0.705. The van der Waals surface area contributed by atoms with Gasteiger partial charge in [0, 0.05) is 18.1 Å². The molecule has 2 heteroatoms. The van der Waals surface area contributed by atoms with E-state index in [2.05, 4.69) is 31.4 Å². The second-order valence-electron chi connectivity index (χ2n) is 5.67. The van der Waals surface area contributed by atoms with Crippen LogP contribution in [0.3, 0.4) is 0 Å². The van der Waals surface area contributed by atoms with Crippen LogP contribution in [0.1, 0.15) is 46.5 Å². The molecule has 2 aliphatic heterocycles. The zero-order valence-electron chi connectivity index (χ0n) is 10.4. The summed E-state index contributed by atoms with van der Waals surface area (Å²) in [6.07, 6.45) is 5.55. The summed E-state index contributed by atoms with van der Waals surface area (Å²) < 4.78 is 0. The Morgan fingerprint density at radius 1 is 0.933 bits per heavy atom. The first kappa shape index (κ1) is 11.4. The quantitative estimate of drug-likeness (QED) is 0.693. The van der Waals surface area contributed by atoms with Crippen LogP contribution in [-0.4, -0.2) is 24.7 Å². The predicted octanol–water partition coefficient (Wildman–Crippen LogP) is 2.15. The highest BCUT2D eigenvalue weighted by atomic mass is 15.0. The zero-order valence-corrected chi connectivity index (χ0v) is 10.4. The maximum absolute atomic E-state index is 3.83. The molecule has 2 fully saturated rings. The number of rotatable bonds is 1. The van der Waals surface area contributed by atoms with Crippen molar-refractivity contribution in [2.45, 2.75) is 64.6 Å². The first-order valence-corrected chi connectivity index (χ1v) is 6.68. The van der Waals surface area contributed by atoms with Gasteiger partial charge in [-0.25, -0.2) is 0 Å². The van der Waals surface area contributed by atoms with Gasteiger partial charge in [0.2, 0.25) is 0 Å². The topological polar surface area (TPSA) is 24.1 Å². The molecule has 88 valence electrons. The van der Waals surface area contributed by atoms with Crippen LogP contribution in [0.25, 0.3) is 0 Å². The Hall–Kier alpha value is -0.0800. The zero-order chi connectivity index (χ0) is 10.8. The van der Waals surface area contributed by atoms with E-state index in [4.69, 9.17) is 0 Å². The van der Waals surface area contributed by atoms with Gasteiger partial charge in [-0.05, 0) is 57.9 Å². The molecule has 0 aromatic heterocycles. The largest absolute Gasteiger partial charge is 0.314 e. The summed E-state index contributed by atoms with van der Waals surface area (Å²) >= 11 is 0. The van der Waals surface area contributed by atoms with E-state index in [0.29, 0.717) is 12.1 Å². The molecule has 3 unspecified atom stereocenters. The Morgan fingerprint density at radius 2 is 1.73 bits per heavy atom. The molecular weight excluding hydrogens is 184 g/mol. The van der Waals surface area contributed by atoms with Crippen molar-refractivity contribution in [1.82, 2.24) is 10.6 Å². The first-order valence-electron chi connectivity index (χ1n) is 6.68. The second-order valence-corrected chi connectivity index (χ2v) is 5.67. The molecule has 0 bridgehead atoms. The Kier molecular flexibility index (Phi) is 3.68. The molecule has 2 aliphatic rings. The number of hydrogen-bond donors (Lipinski definition) is 2. The molecule has 0 aromatic rings. The van der Waals surface area contributed by atoms with E-state index in [9.17, 15) is 0 Å². The molecule has 0 amide bonds. The lowest BCUT2D eigenvalue weighted by Gasteiger charge is -2.42. The van der Waals surface area contributed by atoms with E-state index in [-0.39, 0.29) is 0 Å². The molecule has 2 rings (SSSR count). The van der Waals surface area contributed by atoms with Crippen molar-refractivity contribution in [3.8, 4) is 0 Å². The van der Waals surface area contributed by atoms with Crippen LogP contribution >= 0.6 is 0 Å². The average molecular weight is 210 g/mol. The Balaban J connectivity index is 1.92. The molecule has 0 spiro atoms. The molecule has 0 aromatic carbocycles. The maximum Gasteiger partial charge on any atom is 0.0113 e. The van der Waals surface area contributed by atoms with Crippen LogP contribution in [0.15, 0.2) is 0 Å². The number of hydrogen-bond acceptors (Lipinski definition) is 2. The third-order valence-electron chi connectivity index (χ3n) is 4.60. The highest BCUT2D eigenvalue weighted by Crippen LogP contribution is 2.28. The lowest BCUT2D eigenvalue weighted by Crippen LogP contribution is -2.54. The van der Waals surface area contributed by atoms with Crippen molar-refractivity contribution in [2.75, 3.05) is 6.54 Å². The Bertz CT molecular complexity index is 205. The van der Waals surface area contributed by atoms with Crippen molar-refractivity contribution < 1.29 is 0 Å². The molecule has 0 aliphatic carbocycles. The molecule has 15 heavy (non-hydrogen) atoms. The second kappa shape index (κ2) is 4.84. The van der Waals surface area contributed by atoms with Crippen molar-refractivity contribution in [1.29, 1.82) is 0 Å². The van der Waals surface area contributed by atoms with Gasteiger partial charge < -0.3 is 10.6 Å². The lowest BCUT2D eigenvalue weighted by molar-refractivity contribution is 0.157. The summed E-state index contributed by atoms with van der Waals surface area (Å²) in [4.78, 5) is 0. The monoisotopic (exact) mass is 210 g/mol. The summed E-state index contributed by atoms with van der Waals surface area (Å²) in [6, 6.07) is 2.17. The number of piperidine rings is 2. The van der Waals surface area contributed by atoms with Crippen LogP contribution in [-0.2, 0) is 0 Å². The fourth-order valence-corrected chi connectivity index (χ4v) is 3.23. The van der Waals surface area contributed by atoms with Crippen LogP contribution in [0.5, 0.6) is 0 Å². The van der Waals surface area contributed by atoms with Crippen molar-refractivity contribution in [2.24, 2.45) is 11.8 Å². The number of nitrogens with one attached hydrogen (secondary N) is 2. The van der Waals surface area contributed by atoms with Crippen molar-refractivity contribution in [3.63, 3.8) is 0 Å². The van der Waals surface area contributed by atoms with Gasteiger partial charge in [-0.3, -0.25) is 0 Å². The van der Waals surface area contributed by atoms with Gasteiger partial charge in [0.25, 0.3) is 0 Å². The van der Waals surface area contributed by atoms with Crippen LogP contribution in [0, 0.1) is 11.8 Å². The van der Waals surface area contributed by atoms with E-state index in [0.717, 1.165) is 17.9 Å². The molecule has 5 atom stereocenters. The molecule has 2 saturated heterocycles. The van der Waals surface area contributed by atoms with Gasteiger partial charge >= 0.3 is 0 Å². The van der Waals surface area contributed by atoms with E-state index in [1.165, 1.54) is 32.2 Å².